The number of hydrogen-bond acceptors (Lipinski definition) is 1. The molecule has 0 amide bonds. The Morgan fingerprint density at radius 3 is 2.11 bits per heavy atom. The molecule has 7 aliphatic rings. The third-order valence-corrected chi connectivity index (χ3v) is 16.6. The van der Waals surface area contributed by atoms with E-state index >= 15 is 0 Å². The predicted molar refractivity (Wildman–Crippen MR) is 266 cm³/mol. The van der Waals surface area contributed by atoms with Crippen LogP contribution in [0.3, 0.4) is 0 Å². The van der Waals surface area contributed by atoms with Gasteiger partial charge in [0.1, 0.15) is 11.3 Å². The summed E-state index contributed by atoms with van der Waals surface area (Å²) in [5.74, 6) is 2.39. The van der Waals surface area contributed by atoms with E-state index in [1.54, 1.807) is 0 Å². The van der Waals surface area contributed by atoms with Crippen LogP contribution in [0.15, 0.2) is 194 Å². The topological polar surface area (TPSA) is 18.0 Å². The SMILES string of the molecule is CC(C)(C)c1cc[n+]2c(c1)-n1c3ccccc3c3ccc4c(c31)[N+]21C2=C(C=CCC2c2cc3c(cc2-4)OCC3)[N+]23c4ccccc4[N+]2(c2c(-c4ccccc4)cccc2-c2ccccc2)C13. The summed E-state index contributed by atoms with van der Waals surface area (Å²) in [5.41, 5.74) is 22.6. The summed E-state index contributed by atoms with van der Waals surface area (Å²) in [7, 11) is 0. The third kappa shape index (κ3) is 3.77. The van der Waals surface area contributed by atoms with Crippen LogP contribution >= 0.6 is 0 Å². The summed E-state index contributed by atoms with van der Waals surface area (Å²) in [4.78, 5) is 0. The van der Waals surface area contributed by atoms with E-state index in [2.05, 4.69) is 212 Å². The van der Waals surface area contributed by atoms with Crippen molar-refractivity contribution in [2.75, 3.05) is 6.61 Å². The Bertz CT molecular complexity index is 3720. The van der Waals surface area contributed by atoms with Crippen LogP contribution in [-0.2, 0) is 11.8 Å². The van der Waals surface area contributed by atoms with E-state index in [-0.39, 0.29) is 17.6 Å². The molecule has 5 atom stereocenters. The van der Waals surface area contributed by atoms with Crippen LogP contribution in [0.2, 0.25) is 0 Å². The molecule has 0 radical (unpaired) electrons. The second-order valence-electron chi connectivity index (χ2n) is 20.5. The molecule has 314 valence electrons. The smallest absolute Gasteiger partial charge is 0.493 e. The van der Waals surface area contributed by atoms with Gasteiger partial charge in [-0.25, -0.2) is 0 Å². The van der Waals surface area contributed by atoms with Crippen molar-refractivity contribution in [1.29, 1.82) is 0 Å². The molecule has 2 aromatic heterocycles. The Labute approximate surface area is 383 Å². The Morgan fingerprint density at radius 1 is 0.636 bits per heavy atom. The minimum atomic E-state index is -0.0659. The number of aromatic nitrogens is 2. The predicted octanol–water partition coefficient (Wildman–Crippen LogP) is 13.5. The van der Waals surface area contributed by atoms with Gasteiger partial charge in [-0.2, -0.15) is 4.57 Å². The van der Waals surface area contributed by atoms with E-state index in [1.165, 1.54) is 112 Å². The molecule has 5 unspecified atom stereocenters. The first-order valence-corrected chi connectivity index (χ1v) is 23.8. The maximum absolute atomic E-state index is 6.47. The zero-order valence-corrected chi connectivity index (χ0v) is 37.2. The molecule has 0 bridgehead atoms. The van der Waals surface area contributed by atoms with Crippen LogP contribution in [-0.4, -0.2) is 17.5 Å². The number of para-hydroxylation sites is 4. The lowest BCUT2D eigenvalue weighted by atomic mass is 9.83. The Morgan fingerprint density at radius 2 is 1.35 bits per heavy atom. The molecule has 0 saturated carbocycles. The monoisotopic (exact) mass is 853 g/mol. The first-order chi connectivity index (χ1) is 32.4. The normalized spacial score (nSPS) is 24.9. The number of rotatable bonds is 3. The van der Waals surface area contributed by atoms with Crippen molar-refractivity contribution in [2.45, 2.75) is 51.2 Å². The zero-order valence-electron chi connectivity index (χ0n) is 37.2. The molecule has 6 nitrogen and oxygen atoms in total. The summed E-state index contributed by atoms with van der Waals surface area (Å²) < 4.78 is 13.8. The molecule has 1 saturated heterocycles. The van der Waals surface area contributed by atoms with Gasteiger partial charge in [-0.15, -0.1) is 0 Å². The van der Waals surface area contributed by atoms with Gasteiger partial charge in [0.2, 0.25) is 22.6 Å². The number of allylic oxidation sites excluding steroid dienone is 3. The molecule has 6 aliphatic heterocycles. The van der Waals surface area contributed by atoms with E-state index in [1.807, 2.05) is 0 Å². The number of pyridine rings is 1. The van der Waals surface area contributed by atoms with Gasteiger partial charge < -0.3 is 4.74 Å². The Kier molecular flexibility index (Phi) is 6.38. The number of quaternary nitrogens is 3. The van der Waals surface area contributed by atoms with Crippen LogP contribution < -0.4 is 23.2 Å². The second kappa shape index (κ2) is 11.7. The van der Waals surface area contributed by atoms with Crippen LogP contribution in [0.1, 0.15) is 49.8 Å². The van der Waals surface area contributed by atoms with Crippen molar-refractivity contribution in [3.63, 3.8) is 0 Å². The number of nitrogens with zero attached hydrogens (tertiary/aromatic N) is 5. The lowest BCUT2D eigenvalue weighted by molar-refractivity contribution is -0.800. The molecular formula is C60H47N5O+4. The van der Waals surface area contributed by atoms with E-state index in [0.717, 1.165) is 29.8 Å². The average Bonchev–Trinajstić information content (AvgIpc) is 3.69. The van der Waals surface area contributed by atoms with Gasteiger partial charge in [-0.05, 0) is 98.4 Å². The van der Waals surface area contributed by atoms with Gasteiger partial charge in [-0.3, -0.25) is 0 Å². The Hall–Kier alpha value is -7.35. The number of hydrogen-bond donors (Lipinski definition) is 0. The van der Waals surface area contributed by atoms with Crippen molar-refractivity contribution >= 4 is 44.6 Å². The minimum Gasteiger partial charge on any atom is -0.493 e. The molecule has 0 N–H and O–H groups in total. The highest BCUT2D eigenvalue weighted by Crippen LogP contribution is 2.83. The van der Waals surface area contributed by atoms with Gasteiger partial charge in [0.05, 0.1) is 18.1 Å². The number of ether oxygens (including phenoxy) is 1. The maximum Gasteiger partial charge on any atom is 0.498 e. The van der Waals surface area contributed by atoms with Gasteiger partial charge in [-0.1, -0.05) is 124 Å². The fourth-order valence-corrected chi connectivity index (χ4v) is 14.2. The average molecular weight is 854 g/mol. The van der Waals surface area contributed by atoms with Crippen LogP contribution in [0.5, 0.6) is 5.75 Å². The maximum atomic E-state index is 6.47. The molecule has 9 aromatic rings. The molecule has 6 heteroatoms. The molecule has 8 heterocycles. The summed E-state index contributed by atoms with van der Waals surface area (Å²) in [6.07, 6.45) is 9.38. The molecular weight excluding hydrogens is 807 g/mol. The summed E-state index contributed by atoms with van der Waals surface area (Å²) in [6, 6.07) is 62.8. The number of benzene rings is 7. The van der Waals surface area contributed by atoms with Crippen LogP contribution in [0.4, 0.5) is 22.7 Å². The number of fused-ring (bicyclic) bond motifs is 12. The first-order valence-electron chi connectivity index (χ1n) is 23.8. The lowest BCUT2D eigenvalue weighted by Gasteiger charge is -2.37. The van der Waals surface area contributed by atoms with E-state index in [4.69, 9.17) is 4.74 Å². The summed E-state index contributed by atoms with van der Waals surface area (Å²) in [6.45, 7) is 7.80. The van der Waals surface area contributed by atoms with Gasteiger partial charge >= 0.3 is 12.1 Å². The van der Waals surface area contributed by atoms with Crippen molar-refractivity contribution in [3.8, 4) is 44.9 Å². The van der Waals surface area contributed by atoms with E-state index in [9.17, 15) is 0 Å². The highest BCUT2D eigenvalue weighted by molar-refractivity contribution is 6.17. The van der Waals surface area contributed by atoms with Crippen molar-refractivity contribution in [3.05, 3.63) is 210 Å². The molecule has 1 aliphatic carbocycles. The van der Waals surface area contributed by atoms with Crippen molar-refractivity contribution < 1.29 is 9.41 Å². The van der Waals surface area contributed by atoms with Crippen molar-refractivity contribution in [1.82, 2.24) is 18.3 Å². The van der Waals surface area contributed by atoms with Gasteiger partial charge in [0, 0.05) is 66.4 Å². The largest absolute Gasteiger partial charge is 0.498 e. The molecule has 1 fully saturated rings. The highest BCUT2D eigenvalue weighted by atomic mass is 16.5. The van der Waals surface area contributed by atoms with E-state index in [0.29, 0.717) is 9.18 Å². The summed E-state index contributed by atoms with van der Waals surface area (Å²) in [5, 5.41) is 2.59. The minimum absolute atomic E-state index is 0.0530. The molecule has 2 spiro atoms. The van der Waals surface area contributed by atoms with Crippen molar-refractivity contribution in [2.24, 2.45) is 0 Å². The molecule has 7 aromatic carbocycles. The third-order valence-electron chi connectivity index (χ3n) is 16.6. The molecule has 66 heavy (non-hydrogen) atoms. The standard InChI is InChI=1S/C60H47N5O/c1-60(2,3)40-30-32-61-54(35-40)62-49-24-11-10-20-43(49)44-28-29-46-48-36-53-39(31-33-66-53)34-47(48)45-23-15-27-52-57(45)63(61,58(46)55(44)62)59-64(52)50-25-12-13-26-51(50)65(59,64)56-41(37-16-6-4-7-17-37)21-14-22-42(56)38-18-8-5-9-19-38/h4-22,24-30,32,34-36,45,59H,23,31,33H2,1-3H3/q+4. The summed E-state index contributed by atoms with van der Waals surface area (Å²) >= 11 is 0. The van der Waals surface area contributed by atoms with E-state index < -0.39 is 0 Å². The van der Waals surface area contributed by atoms with Crippen LogP contribution in [0.25, 0.3) is 61.0 Å². The fraction of sp³-hybridized carbons (Fsp3) is 0.150. The van der Waals surface area contributed by atoms with Gasteiger partial charge in [0.25, 0.3) is 17.1 Å². The fourth-order valence-electron chi connectivity index (χ4n) is 14.2. The van der Waals surface area contributed by atoms with Crippen LogP contribution in [0, 0.1) is 0 Å². The quantitative estimate of drug-likeness (QED) is 0.0984. The highest BCUT2D eigenvalue weighted by Gasteiger charge is 3.11. The second-order valence-corrected chi connectivity index (χ2v) is 20.5. The zero-order chi connectivity index (χ0) is 43.5. The van der Waals surface area contributed by atoms with Gasteiger partial charge in [0.15, 0.2) is 6.20 Å². The first kappa shape index (κ1) is 35.9. The lowest BCUT2D eigenvalue weighted by Crippen LogP contribution is -2.76. The Balaban J connectivity index is 1.15. The molecule has 16 rings (SSSR count).